The van der Waals surface area contributed by atoms with E-state index in [1.807, 2.05) is 114 Å². The molecule has 9 unspecified atom stereocenters. The Kier molecular flexibility index (Phi) is 64.7. The molecular weight excluding hydrogens is 1420 g/mol. The fraction of sp³-hybridized carbons (Fsp3) is 0.889. The van der Waals surface area contributed by atoms with Crippen molar-refractivity contribution >= 4 is 52.6 Å². The minimum Gasteiger partial charge on any atom is -0.480 e. The lowest BCUT2D eigenvalue weighted by Gasteiger charge is -2.36. The number of piperazine rings is 9. The summed E-state index contributed by atoms with van der Waals surface area (Å²) in [6.45, 7) is 47.7. The molecule has 0 aliphatic carbocycles. The van der Waals surface area contributed by atoms with Gasteiger partial charge in [0.1, 0.15) is 52.8 Å². The molecule has 0 radical (unpaired) electrons. The van der Waals surface area contributed by atoms with Crippen molar-refractivity contribution < 1.29 is 58.5 Å². The molecule has 30 nitrogen and oxygen atoms in total. The number of nitrogens with one attached hydrogen (secondary N) is 3. The number of nitrogens with zero attached hydrogens (tertiary/aromatic N) is 15. The summed E-state index contributed by atoms with van der Waals surface area (Å²) in [6.07, 6.45) is 12.2. The zero-order chi connectivity index (χ0) is 85.6. The van der Waals surface area contributed by atoms with E-state index in [-0.39, 0.29) is 89.1 Å². The van der Waals surface area contributed by atoms with Crippen LogP contribution in [0.2, 0.25) is 0 Å². The molecule has 0 spiro atoms. The van der Waals surface area contributed by atoms with E-state index >= 15 is 0 Å². The summed E-state index contributed by atoms with van der Waals surface area (Å²) in [4.78, 5) is 129. The molecule has 6 N–H and O–H groups in total. The first-order valence-electron chi connectivity index (χ1n) is 41.3. The first-order valence-corrected chi connectivity index (χ1v) is 41.3. The molecule has 0 aromatic rings. The van der Waals surface area contributed by atoms with Crippen LogP contribution in [0.3, 0.4) is 0 Å². The number of carboxylic acid groups (broad SMARTS) is 3. The van der Waals surface area contributed by atoms with Crippen molar-refractivity contribution in [3.05, 3.63) is 0 Å². The van der Waals surface area contributed by atoms with Crippen molar-refractivity contribution in [2.45, 2.75) is 195 Å². The van der Waals surface area contributed by atoms with Crippen LogP contribution in [0, 0.1) is 0 Å². The molecule has 0 bridgehead atoms. The van der Waals surface area contributed by atoms with E-state index in [0.717, 1.165) is 157 Å². The first kappa shape index (κ1) is 111. The third-order valence-corrected chi connectivity index (χ3v) is 21.4. The Balaban J connectivity index is -0.00000116. The third kappa shape index (κ3) is 51.4. The smallest absolute Gasteiger partial charge is 0.322 e. The highest BCUT2D eigenvalue weighted by Crippen LogP contribution is 2.12. The third-order valence-electron chi connectivity index (χ3n) is 21.4. The quantitative estimate of drug-likeness (QED) is 0.137. The van der Waals surface area contributed by atoms with E-state index in [9.17, 15) is 43.2 Å². The summed E-state index contributed by atoms with van der Waals surface area (Å²) in [5, 5.41) is 35.8. The molecular formula is C81H168N18O12. The summed E-state index contributed by atoms with van der Waals surface area (Å²) in [7, 11) is 29.6. The van der Waals surface area contributed by atoms with Crippen LogP contribution in [0.25, 0.3) is 0 Å². The second-order valence-corrected chi connectivity index (χ2v) is 31.9. The van der Waals surface area contributed by atoms with Crippen LogP contribution >= 0.6 is 0 Å². The minimum atomic E-state index is -0.723. The second kappa shape index (κ2) is 64.8. The van der Waals surface area contributed by atoms with Crippen molar-refractivity contribution in [2.75, 3.05) is 282 Å². The van der Waals surface area contributed by atoms with Gasteiger partial charge in [-0.05, 0) is 147 Å². The van der Waals surface area contributed by atoms with Gasteiger partial charge < -0.3 is 60.7 Å². The molecule has 0 saturated carbocycles. The van der Waals surface area contributed by atoms with Crippen molar-refractivity contribution in [1.29, 1.82) is 0 Å². The molecule has 0 aromatic heterocycles. The highest BCUT2D eigenvalue weighted by atomic mass is 16.4. The van der Waals surface area contributed by atoms with E-state index in [1.165, 1.54) is 57.8 Å². The average Bonchev–Trinajstić information content (AvgIpc) is 0.873. The van der Waals surface area contributed by atoms with Gasteiger partial charge in [-0.25, -0.2) is 0 Å². The maximum Gasteiger partial charge on any atom is 0.322 e. The van der Waals surface area contributed by atoms with Crippen LogP contribution in [-0.2, 0) is 43.2 Å². The number of carbonyl (C=O) groups excluding carboxylic acids is 6. The minimum absolute atomic E-state index is 0.105. The van der Waals surface area contributed by atoms with E-state index < -0.39 is 17.9 Å². The van der Waals surface area contributed by atoms with E-state index in [4.69, 9.17) is 15.3 Å². The molecule has 30 heteroatoms. The Morgan fingerprint density at radius 2 is 0.378 bits per heavy atom. The van der Waals surface area contributed by atoms with E-state index in [1.54, 1.807) is 41.5 Å². The Morgan fingerprint density at radius 1 is 0.234 bits per heavy atom. The Bertz CT molecular complexity index is 2140. The maximum absolute atomic E-state index is 11.1. The van der Waals surface area contributed by atoms with Gasteiger partial charge in [0.05, 0.1) is 36.3 Å². The average molecular weight is 1590 g/mol. The molecule has 0 aromatic carbocycles. The molecule has 9 fully saturated rings. The predicted octanol–water partition coefficient (Wildman–Crippen LogP) is 2.44. The van der Waals surface area contributed by atoms with Crippen molar-refractivity contribution in [3.63, 3.8) is 0 Å². The molecule has 0 amide bonds. The Labute approximate surface area is 675 Å². The van der Waals surface area contributed by atoms with Crippen molar-refractivity contribution in [1.82, 2.24) is 89.4 Å². The van der Waals surface area contributed by atoms with Crippen molar-refractivity contribution in [3.8, 4) is 0 Å². The summed E-state index contributed by atoms with van der Waals surface area (Å²) >= 11 is 0. The predicted molar refractivity (Wildman–Crippen MR) is 454 cm³/mol. The van der Waals surface area contributed by atoms with Gasteiger partial charge in [0.25, 0.3) is 0 Å². The maximum atomic E-state index is 11.1. The molecule has 9 atom stereocenters. The number of unbranched alkanes of at least 4 members (excludes halogenated alkanes) is 6. The Morgan fingerprint density at radius 3 is 0.477 bits per heavy atom. The molecule has 9 saturated heterocycles. The zero-order valence-corrected chi connectivity index (χ0v) is 75.4. The fourth-order valence-electron chi connectivity index (χ4n) is 13.0. The number of aliphatic carboxylic acids is 3. The first-order chi connectivity index (χ1) is 52.0. The second-order valence-electron chi connectivity index (χ2n) is 31.9. The molecule has 9 heterocycles. The van der Waals surface area contributed by atoms with Gasteiger partial charge in [0, 0.05) is 177 Å². The summed E-state index contributed by atoms with van der Waals surface area (Å²) in [5.41, 5.74) is 0. The lowest BCUT2D eigenvalue weighted by atomic mass is 10.1. The molecule has 654 valence electrons. The van der Waals surface area contributed by atoms with Crippen LogP contribution in [0.5, 0.6) is 0 Å². The van der Waals surface area contributed by atoms with Gasteiger partial charge in [0.2, 0.25) is 0 Å². The molecule has 9 aliphatic rings. The number of hydrogen-bond donors (Lipinski definition) is 6. The highest BCUT2D eigenvalue weighted by Gasteiger charge is 2.32. The van der Waals surface area contributed by atoms with Crippen LogP contribution < -0.4 is 16.0 Å². The normalized spacial score (nSPS) is 25.9. The number of hydrogen-bond acceptors (Lipinski definition) is 27. The fourth-order valence-corrected chi connectivity index (χ4v) is 13.0. The SMILES string of the molecule is CC(=O)C1CN(C)CCN1C.CC(=O)C1CN(C)CCN1C.CC(=O)C1CN(C)CCN1C.CC(=O)C1CNCCN1C.CC(=O)C1CNCCN1C.CC(=O)C1CNCCN1C.CCCCC.CCCCC.CCCCC.CN1CCN(C)C(C(=O)O)C1.CN1CCN(C)C(C(=O)O)C1.CN1CCN(C)C(C(=O)O)C1. The zero-order valence-electron chi connectivity index (χ0n) is 75.4. The number of rotatable bonds is 15. The van der Waals surface area contributed by atoms with Gasteiger partial charge in [-0.1, -0.05) is 99.3 Å². The van der Waals surface area contributed by atoms with Crippen LogP contribution in [0.4, 0.5) is 0 Å². The number of likely N-dealkylation sites (N-methyl/N-ethyl adjacent to an activating group) is 15. The monoisotopic (exact) mass is 1590 g/mol. The number of ketones is 6. The molecule has 9 aliphatic heterocycles. The van der Waals surface area contributed by atoms with E-state index in [2.05, 4.69) is 123 Å². The number of Topliss-reactive ketones (excluding diaryl/α,β-unsaturated/α-hetero) is 6. The van der Waals surface area contributed by atoms with Crippen LogP contribution in [-0.4, -0.2) is 478 Å². The van der Waals surface area contributed by atoms with Crippen LogP contribution in [0.1, 0.15) is 141 Å². The molecule has 9 rings (SSSR count). The standard InChI is InChI=1S/3C8H16N2O.3C7H14N2O2.3C7H14N2O.3C5H12/c3*1-7(11)8-6-9(2)4-5-10(8)3;3*1-8-3-4-9(2)6(5-8)7(10)11;3*1-6(10)7-5-8-3-4-9(7)2;3*1-3-5-4-2/h3*8H,4-6H2,1-3H3;3*6H,3-5H2,1-2H3,(H,10,11);3*7-8H,3-5H2,1-2H3;3*3-5H2,1-2H3. The van der Waals surface area contributed by atoms with Gasteiger partial charge in [-0.2, -0.15) is 0 Å². The summed E-state index contributed by atoms with van der Waals surface area (Å²) in [5.74, 6) is -0.562. The topological polar surface area (TPSA) is 299 Å². The number of carbonyl (C=O) groups is 9. The highest BCUT2D eigenvalue weighted by molar-refractivity contribution is 5.84. The number of carboxylic acids is 3. The van der Waals surface area contributed by atoms with Gasteiger partial charge in [-0.15, -0.1) is 0 Å². The Hall–Kier alpha value is -4.29. The van der Waals surface area contributed by atoms with Crippen LogP contribution in [0.15, 0.2) is 0 Å². The summed E-state index contributed by atoms with van der Waals surface area (Å²) < 4.78 is 0. The summed E-state index contributed by atoms with van der Waals surface area (Å²) in [6, 6.07) is -0.302. The van der Waals surface area contributed by atoms with Gasteiger partial charge >= 0.3 is 17.9 Å². The van der Waals surface area contributed by atoms with Gasteiger partial charge in [-0.3, -0.25) is 87.3 Å². The lowest BCUT2D eigenvalue weighted by molar-refractivity contribution is -0.145. The van der Waals surface area contributed by atoms with Crippen molar-refractivity contribution in [2.24, 2.45) is 0 Å². The largest absolute Gasteiger partial charge is 0.480 e. The van der Waals surface area contributed by atoms with E-state index in [0.29, 0.717) is 19.6 Å². The molecule has 111 heavy (non-hydrogen) atoms. The van der Waals surface area contributed by atoms with Gasteiger partial charge in [0.15, 0.2) is 0 Å². The lowest BCUT2D eigenvalue weighted by Crippen LogP contribution is -2.53.